The fourth-order valence-corrected chi connectivity index (χ4v) is 0.721. The number of carbonyl (C=O) groups excluding carboxylic acids is 2. The third kappa shape index (κ3) is 5.10. The Morgan fingerprint density at radius 2 is 1.64 bits per heavy atom. The number of hydrogen-bond donors (Lipinski definition) is 2. The molecule has 0 unspecified atom stereocenters. The summed E-state index contributed by atoms with van der Waals surface area (Å²) in [5.74, 6) is -0.745. The minimum absolute atomic E-state index is 0.372. The van der Waals surface area contributed by atoms with Gasteiger partial charge < -0.3 is 0 Å². The zero-order valence-electron chi connectivity index (χ0n) is 8.25. The van der Waals surface area contributed by atoms with Gasteiger partial charge in [0.05, 0.1) is 0 Å². The predicted molar refractivity (Wildman–Crippen MR) is 53.7 cm³/mol. The number of nitrogens with one attached hydrogen (secondary N) is 2. The fraction of sp³-hybridized carbons (Fsp3) is 0.333. The first kappa shape index (κ1) is 12.4. The maximum atomic E-state index is 10.9. The van der Waals surface area contributed by atoms with Gasteiger partial charge in [-0.25, -0.2) is 0 Å². The molecule has 0 spiro atoms. The molecule has 0 rings (SSSR count). The zero-order chi connectivity index (χ0) is 11.0. The highest BCUT2D eigenvalue weighted by molar-refractivity contribution is 5.88. The maximum absolute atomic E-state index is 10.9. The van der Waals surface area contributed by atoms with E-state index in [4.69, 9.17) is 0 Å². The number of nitrogens with zero attached hydrogens (tertiary/aromatic N) is 1. The molecule has 0 aliphatic rings. The van der Waals surface area contributed by atoms with Crippen molar-refractivity contribution in [2.24, 2.45) is 0 Å². The van der Waals surface area contributed by atoms with Gasteiger partial charge in [-0.15, -0.1) is 5.12 Å². The van der Waals surface area contributed by atoms with E-state index in [2.05, 4.69) is 24.0 Å². The lowest BCUT2D eigenvalue weighted by Crippen LogP contribution is -2.52. The van der Waals surface area contributed by atoms with Crippen LogP contribution >= 0.6 is 0 Å². The van der Waals surface area contributed by atoms with Crippen LogP contribution in [0.15, 0.2) is 25.3 Å². The fourth-order valence-electron chi connectivity index (χ4n) is 0.721. The SMILES string of the molecule is C=CC(=O)NN(CCC)NC(=O)C=C. The second kappa shape index (κ2) is 6.85. The third-order valence-corrected chi connectivity index (χ3v) is 1.31. The third-order valence-electron chi connectivity index (χ3n) is 1.31. The van der Waals surface area contributed by atoms with Crippen molar-refractivity contribution in [1.82, 2.24) is 16.0 Å². The second-order valence-electron chi connectivity index (χ2n) is 2.51. The molecule has 2 amide bonds. The molecule has 0 heterocycles. The Hall–Kier alpha value is -1.62. The minimum Gasteiger partial charge on any atom is -0.269 e. The summed E-state index contributed by atoms with van der Waals surface area (Å²) in [5.41, 5.74) is 4.86. The largest absolute Gasteiger partial charge is 0.269 e. The molecule has 0 radical (unpaired) electrons. The van der Waals surface area contributed by atoms with Crippen molar-refractivity contribution in [2.45, 2.75) is 13.3 Å². The zero-order valence-corrected chi connectivity index (χ0v) is 8.25. The highest BCUT2D eigenvalue weighted by Gasteiger charge is 2.06. The van der Waals surface area contributed by atoms with Crippen LogP contribution in [0.5, 0.6) is 0 Å². The quantitative estimate of drug-likeness (QED) is 0.470. The summed E-state index contributed by atoms with van der Waals surface area (Å²) in [6.45, 7) is 9.04. The Morgan fingerprint density at radius 1 is 1.21 bits per heavy atom. The van der Waals surface area contributed by atoms with E-state index in [9.17, 15) is 9.59 Å². The van der Waals surface area contributed by atoms with E-state index in [1.165, 1.54) is 5.12 Å². The van der Waals surface area contributed by atoms with Gasteiger partial charge >= 0.3 is 0 Å². The Morgan fingerprint density at radius 3 is 1.93 bits per heavy atom. The molecule has 0 saturated carbocycles. The summed E-state index contributed by atoms with van der Waals surface area (Å²) in [7, 11) is 0. The average molecular weight is 197 g/mol. The van der Waals surface area contributed by atoms with Gasteiger partial charge in [-0.3, -0.25) is 20.4 Å². The number of amides is 2. The van der Waals surface area contributed by atoms with E-state index < -0.39 is 0 Å². The summed E-state index contributed by atoms with van der Waals surface area (Å²) in [6, 6.07) is 0. The maximum Gasteiger partial charge on any atom is 0.259 e. The second-order valence-corrected chi connectivity index (χ2v) is 2.51. The summed E-state index contributed by atoms with van der Waals surface area (Å²) in [4.78, 5) is 21.8. The van der Waals surface area contributed by atoms with Crippen LogP contribution in [0.2, 0.25) is 0 Å². The first-order valence-corrected chi connectivity index (χ1v) is 4.27. The molecule has 5 heteroatoms. The summed E-state index contributed by atoms with van der Waals surface area (Å²) >= 11 is 0. The van der Waals surface area contributed by atoms with Crippen molar-refractivity contribution in [2.75, 3.05) is 6.54 Å². The molecule has 0 aromatic heterocycles. The van der Waals surface area contributed by atoms with E-state index in [0.29, 0.717) is 6.54 Å². The average Bonchev–Trinajstić information content (AvgIpc) is 2.17. The Balaban J connectivity index is 4.13. The highest BCUT2D eigenvalue weighted by atomic mass is 16.2. The molecule has 78 valence electrons. The van der Waals surface area contributed by atoms with Crippen LogP contribution in [0.25, 0.3) is 0 Å². The van der Waals surface area contributed by atoms with Gasteiger partial charge in [0.2, 0.25) is 0 Å². The van der Waals surface area contributed by atoms with Gasteiger partial charge in [-0.1, -0.05) is 20.1 Å². The van der Waals surface area contributed by atoms with Crippen LogP contribution in [0.4, 0.5) is 0 Å². The van der Waals surface area contributed by atoms with Crippen molar-refractivity contribution < 1.29 is 9.59 Å². The van der Waals surface area contributed by atoms with Crippen molar-refractivity contribution in [1.29, 1.82) is 0 Å². The van der Waals surface area contributed by atoms with E-state index in [-0.39, 0.29) is 11.8 Å². The van der Waals surface area contributed by atoms with Crippen LogP contribution in [0, 0.1) is 0 Å². The van der Waals surface area contributed by atoms with Gasteiger partial charge in [-0.05, 0) is 18.6 Å². The minimum atomic E-state index is -0.372. The van der Waals surface area contributed by atoms with Crippen molar-refractivity contribution in [3.05, 3.63) is 25.3 Å². The molecular formula is C9H15N3O2. The lowest BCUT2D eigenvalue weighted by Gasteiger charge is -2.21. The summed E-state index contributed by atoms with van der Waals surface area (Å²) < 4.78 is 0. The van der Waals surface area contributed by atoms with Gasteiger partial charge in [0.1, 0.15) is 0 Å². The van der Waals surface area contributed by atoms with Gasteiger partial charge in [0.15, 0.2) is 0 Å². The Kier molecular flexibility index (Phi) is 6.06. The summed E-state index contributed by atoms with van der Waals surface area (Å²) in [6.07, 6.45) is 3.04. The van der Waals surface area contributed by atoms with E-state index >= 15 is 0 Å². The van der Waals surface area contributed by atoms with E-state index in [0.717, 1.165) is 18.6 Å². The van der Waals surface area contributed by atoms with Crippen molar-refractivity contribution in [3.8, 4) is 0 Å². The van der Waals surface area contributed by atoms with Crippen LogP contribution in [-0.4, -0.2) is 23.5 Å². The first-order valence-electron chi connectivity index (χ1n) is 4.27. The molecule has 0 bridgehead atoms. The summed E-state index contributed by atoms with van der Waals surface area (Å²) in [5, 5.41) is 1.30. The monoisotopic (exact) mass is 197 g/mol. The number of hydrogen-bond acceptors (Lipinski definition) is 3. The molecule has 2 N–H and O–H groups in total. The smallest absolute Gasteiger partial charge is 0.259 e. The van der Waals surface area contributed by atoms with Crippen molar-refractivity contribution in [3.63, 3.8) is 0 Å². The van der Waals surface area contributed by atoms with Gasteiger partial charge in [0, 0.05) is 6.54 Å². The molecule has 0 fully saturated rings. The standard InChI is InChI=1S/C9H15N3O2/c1-4-7-12(10-8(13)5-2)11-9(14)6-3/h5-6H,2-4,7H2,1H3,(H,10,13)(H,11,14). The van der Waals surface area contributed by atoms with Gasteiger partial charge in [-0.2, -0.15) is 0 Å². The lowest BCUT2D eigenvalue weighted by atomic mass is 10.5. The van der Waals surface area contributed by atoms with Crippen LogP contribution < -0.4 is 10.9 Å². The molecule has 0 aromatic carbocycles. The normalized spacial score (nSPS) is 9.29. The van der Waals surface area contributed by atoms with Crippen LogP contribution in [0.1, 0.15) is 13.3 Å². The Labute approximate surface area is 83.4 Å². The first-order chi connectivity index (χ1) is 6.63. The molecule has 14 heavy (non-hydrogen) atoms. The molecule has 0 aliphatic heterocycles. The van der Waals surface area contributed by atoms with Crippen LogP contribution in [0.3, 0.4) is 0 Å². The lowest BCUT2D eigenvalue weighted by molar-refractivity contribution is -0.128. The van der Waals surface area contributed by atoms with Gasteiger partial charge in [0.25, 0.3) is 11.8 Å². The molecule has 0 atom stereocenters. The number of hydrazine groups is 2. The van der Waals surface area contributed by atoms with Crippen LogP contribution in [-0.2, 0) is 9.59 Å². The topological polar surface area (TPSA) is 61.4 Å². The molecule has 5 nitrogen and oxygen atoms in total. The molecule has 0 aliphatic carbocycles. The highest BCUT2D eigenvalue weighted by Crippen LogP contribution is 1.83. The molecule has 0 saturated heterocycles. The number of carbonyl (C=O) groups is 2. The van der Waals surface area contributed by atoms with E-state index in [1.807, 2.05) is 6.92 Å². The van der Waals surface area contributed by atoms with Crippen molar-refractivity contribution >= 4 is 11.8 Å². The number of rotatable bonds is 6. The molecule has 0 aromatic rings. The predicted octanol–water partition coefficient (Wildman–Crippen LogP) is 0.133. The molecular weight excluding hydrogens is 182 g/mol. The van der Waals surface area contributed by atoms with E-state index in [1.54, 1.807) is 0 Å². The Bertz CT molecular complexity index is 216.